The number of hydrogen-bond acceptors (Lipinski definition) is 2. The second-order valence-corrected chi connectivity index (χ2v) is 6.43. The molecule has 0 aliphatic rings. The van der Waals surface area contributed by atoms with E-state index in [4.69, 9.17) is 0 Å². The van der Waals surface area contributed by atoms with Crippen molar-refractivity contribution in [3.8, 4) is 11.8 Å². The van der Waals surface area contributed by atoms with Gasteiger partial charge >= 0.3 is 0 Å². The molecular weight excluding hydrogens is 244 g/mol. The molecule has 0 unspecified atom stereocenters. The Labute approximate surface area is 110 Å². The molecule has 0 heterocycles. The fourth-order valence-electron chi connectivity index (χ4n) is 1.54. The first-order valence-electron chi connectivity index (χ1n) is 6.37. The molecule has 2 nitrogen and oxygen atoms in total. The topological polar surface area (TPSA) is 34.1 Å². The van der Waals surface area contributed by atoms with Crippen molar-refractivity contribution in [2.24, 2.45) is 0 Å². The normalized spacial score (nSPS) is 10.8. The van der Waals surface area contributed by atoms with Crippen molar-refractivity contribution in [2.75, 3.05) is 5.75 Å². The van der Waals surface area contributed by atoms with Gasteiger partial charge in [-0.25, -0.2) is 8.42 Å². The Balaban J connectivity index is 2.60. The molecule has 1 aromatic carbocycles. The SMILES string of the molecule is CCCC#CCCc1ccc(S(=O)(=O)CC)cc1. The molecule has 0 aliphatic heterocycles. The van der Waals surface area contributed by atoms with Crippen LogP contribution in [0.1, 0.15) is 38.7 Å². The molecule has 0 amide bonds. The zero-order valence-electron chi connectivity index (χ0n) is 11.1. The van der Waals surface area contributed by atoms with Crippen molar-refractivity contribution in [3.05, 3.63) is 29.8 Å². The molecule has 0 saturated carbocycles. The molecule has 1 aromatic rings. The number of hydrogen-bond donors (Lipinski definition) is 0. The predicted molar refractivity (Wildman–Crippen MR) is 75.2 cm³/mol. The van der Waals surface area contributed by atoms with E-state index in [2.05, 4.69) is 18.8 Å². The van der Waals surface area contributed by atoms with E-state index in [1.54, 1.807) is 19.1 Å². The molecule has 0 aromatic heterocycles. The van der Waals surface area contributed by atoms with Gasteiger partial charge in [-0.05, 0) is 30.5 Å². The Morgan fingerprint density at radius 2 is 1.61 bits per heavy atom. The highest BCUT2D eigenvalue weighted by Crippen LogP contribution is 2.13. The monoisotopic (exact) mass is 264 g/mol. The van der Waals surface area contributed by atoms with Crippen molar-refractivity contribution >= 4 is 9.84 Å². The number of rotatable bonds is 5. The maximum Gasteiger partial charge on any atom is 0.178 e. The summed E-state index contributed by atoms with van der Waals surface area (Å²) >= 11 is 0. The average molecular weight is 264 g/mol. The van der Waals surface area contributed by atoms with Crippen LogP contribution in [0, 0.1) is 11.8 Å². The van der Waals surface area contributed by atoms with Gasteiger partial charge in [0.25, 0.3) is 0 Å². The van der Waals surface area contributed by atoms with E-state index in [0.29, 0.717) is 4.90 Å². The highest BCUT2D eigenvalue weighted by molar-refractivity contribution is 7.91. The molecule has 0 saturated heterocycles. The number of benzene rings is 1. The fraction of sp³-hybridized carbons (Fsp3) is 0.467. The molecule has 0 bridgehead atoms. The van der Waals surface area contributed by atoms with E-state index in [1.165, 1.54) is 0 Å². The van der Waals surface area contributed by atoms with Gasteiger partial charge in [0.15, 0.2) is 9.84 Å². The van der Waals surface area contributed by atoms with Crippen LogP contribution in [0.3, 0.4) is 0 Å². The largest absolute Gasteiger partial charge is 0.224 e. The molecule has 18 heavy (non-hydrogen) atoms. The smallest absolute Gasteiger partial charge is 0.178 e. The minimum Gasteiger partial charge on any atom is -0.224 e. The summed E-state index contributed by atoms with van der Waals surface area (Å²) in [5, 5.41) is 0. The summed E-state index contributed by atoms with van der Waals surface area (Å²) in [6.45, 7) is 3.77. The van der Waals surface area contributed by atoms with E-state index >= 15 is 0 Å². The van der Waals surface area contributed by atoms with Crippen molar-refractivity contribution in [1.29, 1.82) is 0 Å². The molecule has 0 atom stereocenters. The maximum absolute atomic E-state index is 11.6. The third-order valence-corrected chi connectivity index (χ3v) is 4.45. The van der Waals surface area contributed by atoms with Gasteiger partial charge < -0.3 is 0 Å². The van der Waals surface area contributed by atoms with Crippen LogP contribution in [0.2, 0.25) is 0 Å². The van der Waals surface area contributed by atoms with Gasteiger partial charge in [0.1, 0.15) is 0 Å². The van der Waals surface area contributed by atoms with Gasteiger partial charge in [0, 0.05) is 12.8 Å². The minimum absolute atomic E-state index is 0.148. The van der Waals surface area contributed by atoms with Crippen LogP contribution in [-0.4, -0.2) is 14.2 Å². The van der Waals surface area contributed by atoms with Crippen LogP contribution < -0.4 is 0 Å². The van der Waals surface area contributed by atoms with Gasteiger partial charge in [-0.2, -0.15) is 0 Å². The highest BCUT2D eigenvalue weighted by atomic mass is 32.2. The number of sulfone groups is 1. The minimum atomic E-state index is -3.08. The van der Waals surface area contributed by atoms with Crippen LogP contribution in [0.5, 0.6) is 0 Å². The quantitative estimate of drug-likeness (QED) is 0.765. The first kappa shape index (κ1) is 14.8. The Morgan fingerprint density at radius 1 is 1.00 bits per heavy atom. The predicted octanol–water partition coefficient (Wildman–Crippen LogP) is 3.22. The summed E-state index contributed by atoms with van der Waals surface area (Å²) in [5.74, 6) is 6.37. The molecule has 0 fully saturated rings. The molecule has 0 spiro atoms. The molecule has 0 aliphatic carbocycles. The average Bonchev–Trinajstić information content (AvgIpc) is 2.39. The van der Waals surface area contributed by atoms with E-state index in [0.717, 1.165) is 31.2 Å². The summed E-state index contributed by atoms with van der Waals surface area (Å²) in [5.41, 5.74) is 1.14. The number of unbranched alkanes of at least 4 members (excludes halogenated alkanes) is 1. The van der Waals surface area contributed by atoms with Crippen molar-refractivity contribution in [1.82, 2.24) is 0 Å². The summed E-state index contributed by atoms with van der Waals surface area (Å²) < 4.78 is 23.2. The second kappa shape index (κ2) is 7.23. The molecule has 1 rings (SSSR count). The standard InChI is InChI=1S/C15H20O2S/c1-3-5-6-7-8-9-14-10-12-15(13-11-14)18(16,17)4-2/h10-13H,3-5,8-9H2,1-2H3. The first-order valence-corrected chi connectivity index (χ1v) is 8.02. The molecule has 98 valence electrons. The van der Waals surface area contributed by atoms with Crippen molar-refractivity contribution in [2.45, 2.75) is 44.4 Å². The Hall–Kier alpha value is -1.27. The Bertz CT molecular complexity index is 516. The summed E-state index contributed by atoms with van der Waals surface area (Å²) in [4.78, 5) is 0.408. The van der Waals surface area contributed by atoms with Gasteiger partial charge in [-0.1, -0.05) is 26.0 Å². The molecule has 0 radical (unpaired) electrons. The fourth-order valence-corrected chi connectivity index (χ4v) is 2.42. The Kier molecular flexibility index (Phi) is 5.94. The Morgan fingerprint density at radius 3 is 2.17 bits per heavy atom. The summed E-state index contributed by atoms with van der Waals surface area (Å²) in [6.07, 6.45) is 3.76. The van der Waals surface area contributed by atoms with Crippen LogP contribution in [0.25, 0.3) is 0 Å². The molecule has 0 N–H and O–H groups in total. The van der Waals surface area contributed by atoms with Crippen molar-refractivity contribution in [3.63, 3.8) is 0 Å². The zero-order chi connectivity index (χ0) is 13.4. The highest BCUT2D eigenvalue weighted by Gasteiger charge is 2.10. The van der Waals surface area contributed by atoms with Gasteiger partial charge in [-0.15, -0.1) is 11.8 Å². The first-order chi connectivity index (χ1) is 8.60. The summed E-state index contributed by atoms with van der Waals surface area (Å²) in [6, 6.07) is 7.13. The zero-order valence-corrected chi connectivity index (χ0v) is 11.9. The molecule has 3 heteroatoms. The molecular formula is C15H20O2S. The van der Waals surface area contributed by atoms with Gasteiger partial charge in [0.05, 0.1) is 10.6 Å². The van der Waals surface area contributed by atoms with E-state index < -0.39 is 9.84 Å². The summed E-state index contributed by atoms with van der Waals surface area (Å²) in [7, 11) is -3.08. The van der Waals surface area contributed by atoms with Gasteiger partial charge in [-0.3, -0.25) is 0 Å². The third-order valence-electron chi connectivity index (χ3n) is 2.70. The van der Waals surface area contributed by atoms with E-state index in [-0.39, 0.29) is 5.75 Å². The van der Waals surface area contributed by atoms with Crippen molar-refractivity contribution < 1.29 is 8.42 Å². The lowest BCUT2D eigenvalue weighted by Crippen LogP contribution is -2.03. The second-order valence-electron chi connectivity index (χ2n) is 4.15. The van der Waals surface area contributed by atoms with E-state index in [1.807, 2.05) is 12.1 Å². The third kappa shape index (κ3) is 4.54. The van der Waals surface area contributed by atoms with Gasteiger partial charge in [0.2, 0.25) is 0 Å². The van der Waals surface area contributed by atoms with Crippen LogP contribution in [-0.2, 0) is 16.3 Å². The van der Waals surface area contributed by atoms with E-state index in [9.17, 15) is 8.42 Å². The number of aryl methyl sites for hydroxylation is 1. The lowest BCUT2D eigenvalue weighted by atomic mass is 10.1. The van der Waals surface area contributed by atoms with Crippen LogP contribution >= 0.6 is 0 Å². The van der Waals surface area contributed by atoms with Crippen LogP contribution in [0.4, 0.5) is 0 Å². The maximum atomic E-state index is 11.6. The lowest BCUT2D eigenvalue weighted by Gasteiger charge is -2.02. The van der Waals surface area contributed by atoms with Crippen LogP contribution in [0.15, 0.2) is 29.2 Å². The lowest BCUT2D eigenvalue weighted by molar-refractivity contribution is 0.597.